The van der Waals surface area contributed by atoms with E-state index in [1.807, 2.05) is 48.5 Å². The molecule has 0 N–H and O–H groups in total. The highest BCUT2D eigenvalue weighted by Gasteiger charge is 2.06. The lowest BCUT2D eigenvalue weighted by molar-refractivity contribution is 0.305. The lowest BCUT2D eigenvalue weighted by Crippen LogP contribution is -1.96. The highest BCUT2D eigenvalue weighted by molar-refractivity contribution is 8.76. The van der Waals surface area contributed by atoms with E-state index in [4.69, 9.17) is 32.7 Å². The largest absolute Gasteiger partial charge is 0.489 e. The molecule has 0 aromatic heterocycles. The number of ether oxygens (including phenoxy) is 2. The fraction of sp³-hybridized carbons (Fsp3) is 0.0769. The smallest absolute Gasteiger partial charge is 0.141 e. The predicted molar refractivity (Wildman–Crippen MR) is 136 cm³/mol. The van der Waals surface area contributed by atoms with Crippen LogP contribution in [0.3, 0.4) is 0 Å². The first-order valence-electron chi connectivity index (χ1n) is 10.1. The lowest BCUT2D eigenvalue weighted by atomic mass is 10.2. The highest BCUT2D eigenvalue weighted by atomic mass is 35.5. The van der Waals surface area contributed by atoms with Gasteiger partial charge < -0.3 is 9.47 Å². The van der Waals surface area contributed by atoms with Gasteiger partial charge in [0, 0.05) is 9.79 Å². The Kier molecular flexibility index (Phi) is 8.62. The van der Waals surface area contributed by atoms with Crippen molar-refractivity contribution >= 4 is 44.8 Å². The molecule has 4 aromatic rings. The second-order valence-corrected chi connectivity index (χ2v) is 10.3. The minimum Gasteiger partial charge on any atom is -0.489 e. The second kappa shape index (κ2) is 11.8. The number of halogens is 4. The Bertz CT molecular complexity index is 1190. The summed E-state index contributed by atoms with van der Waals surface area (Å²) in [5.74, 6) is 0.521. The molecule has 34 heavy (non-hydrogen) atoms. The van der Waals surface area contributed by atoms with Crippen molar-refractivity contribution in [1.29, 1.82) is 0 Å². The topological polar surface area (TPSA) is 18.5 Å². The van der Waals surface area contributed by atoms with E-state index in [2.05, 4.69) is 0 Å². The van der Waals surface area contributed by atoms with Crippen LogP contribution >= 0.6 is 44.8 Å². The molecule has 0 amide bonds. The zero-order chi connectivity index (χ0) is 23.9. The maximum absolute atomic E-state index is 13.3. The maximum Gasteiger partial charge on any atom is 0.141 e. The summed E-state index contributed by atoms with van der Waals surface area (Å²) in [6, 6.07) is 24.5. The first kappa shape index (κ1) is 24.7. The van der Waals surface area contributed by atoms with Crippen LogP contribution in [0.4, 0.5) is 8.78 Å². The molecule has 4 aromatic carbocycles. The Balaban J connectivity index is 1.31. The van der Waals surface area contributed by atoms with Gasteiger partial charge in [0.15, 0.2) is 0 Å². The van der Waals surface area contributed by atoms with Gasteiger partial charge in [0.2, 0.25) is 0 Å². The molecule has 0 unspecified atom stereocenters. The van der Waals surface area contributed by atoms with Gasteiger partial charge in [0.1, 0.15) is 36.3 Å². The zero-order valence-electron chi connectivity index (χ0n) is 17.6. The van der Waals surface area contributed by atoms with Gasteiger partial charge >= 0.3 is 0 Å². The molecule has 0 heterocycles. The van der Waals surface area contributed by atoms with Gasteiger partial charge in [-0.25, -0.2) is 8.78 Å². The minimum absolute atomic E-state index is 0.0782. The summed E-state index contributed by atoms with van der Waals surface area (Å²) in [6.07, 6.45) is 0. The molecule has 4 rings (SSSR count). The molecule has 0 aliphatic rings. The Hall–Kier alpha value is -2.38. The monoisotopic (exact) mass is 534 g/mol. The molecule has 0 aliphatic carbocycles. The summed E-state index contributed by atoms with van der Waals surface area (Å²) in [5, 5.41) is 0.156. The van der Waals surface area contributed by atoms with E-state index in [9.17, 15) is 8.78 Å². The Morgan fingerprint density at radius 3 is 1.44 bits per heavy atom. The SMILES string of the molecule is Fc1ccc(COc2cccc(SSc3cccc(OCc4ccc(F)c(Cl)c4)c3)c2)cc1Cl. The molecule has 0 saturated carbocycles. The summed E-state index contributed by atoms with van der Waals surface area (Å²) in [7, 11) is 3.18. The third-order valence-electron chi connectivity index (χ3n) is 4.62. The summed E-state index contributed by atoms with van der Waals surface area (Å²) in [6.45, 7) is 0.583. The van der Waals surface area contributed by atoms with Crippen LogP contribution in [0.2, 0.25) is 10.0 Å². The maximum atomic E-state index is 13.3. The Morgan fingerprint density at radius 1 is 0.588 bits per heavy atom. The third kappa shape index (κ3) is 7.06. The molecule has 0 spiro atoms. The third-order valence-corrected chi connectivity index (χ3v) is 7.58. The van der Waals surface area contributed by atoms with Gasteiger partial charge in [0.25, 0.3) is 0 Å². The molecule has 174 valence electrons. The number of hydrogen-bond acceptors (Lipinski definition) is 4. The minimum atomic E-state index is -0.449. The zero-order valence-corrected chi connectivity index (χ0v) is 20.8. The average molecular weight is 535 g/mol. The molecule has 0 saturated heterocycles. The Morgan fingerprint density at radius 2 is 1.03 bits per heavy atom. The molecular weight excluding hydrogens is 517 g/mol. The van der Waals surface area contributed by atoms with Crippen molar-refractivity contribution in [2.75, 3.05) is 0 Å². The normalized spacial score (nSPS) is 10.8. The van der Waals surface area contributed by atoms with E-state index in [-0.39, 0.29) is 10.0 Å². The van der Waals surface area contributed by atoms with Gasteiger partial charge in [-0.2, -0.15) is 0 Å². The lowest BCUT2D eigenvalue weighted by Gasteiger charge is -2.10. The predicted octanol–water partition coefficient (Wildman–Crippen LogP) is 9.23. The van der Waals surface area contributed by atoms with E-state index in [0.29, 0.717) is 24.7 Å². The van der Waals surface area contributed by atoms with E-state index in [0.717, 1.165) is 20.9 Å². The van der Waals surface area contributed by atoms with Crippen LogP contribution in [-0.2, 0) is 13.2 Å². The van der Waals surface area contributed by atoms with Crippen molar-refractivity contribution in [3.8, 4) is 11.5 Å². The van der Waals surface area contributed by atoms with Gasteiger partial charge in [-0.1, -0.05) is 69.1 Å². The first-order valence-corrected chi connectivity index (χ1v) is 13.0. The number of rotatable bonds is 9. The molecule has 2 nitrogen and oxygen atoms in total. The van der Waals surface area contributed by atoms with Crippen molar-refractivity contribution < 1.29 is 18.3 Å². The fourth-order valence-corrected chi connectivity index (χ4v) is 5.31. The Labute approximate surface area is 214 Å². The molecule has 0 fully saturated rings. The van der Waals surface area contributed by atoms with Crippen molar-refractivity contribution in [2.45, 2.75) is 23.0 Å². The van der Waals surface area contributed by atoms with Gasteiger partial charge in [0.05, 0.1) is 10.0 Å². The van der Waals surface area contributed by atoms with Gasteiger partial charge in [-0.05, 0) is 71.8 Å². The second-order valence-electron chi connectivity index (χ2n) is 7.19. The van der Waals surface area contributed by atoms with Crippen LogP contribution in [0.5, 0.6) is 11.5 Å². The van der Waals surface area contributed by atoms with Crippen LogP contribution in [0.25, 0.3) is 0 Å². The van der Waals surface area contributed by atoms with E-state index in [1.54, 1.807) is 45.9 Å². The quantitative estimate of drug-likeness (QED) is 0.199. The fourth-order valence-electron chi connectivity index (χ4n) is 2.92. The van der Waals surface area contributed by atoms with Crippen molar-refractivity contribution in [2.24, 2.45) is 0 Å². The van der Waals surface area contributed by atoms with Crippen LogP contribution < -0.4 is 9.47 Å². The van der Waals surface area contributed by atoms with Crippen LogP contribution in [0.15, 0.2) is 94.7 Å². The van der Waals surface area contributed by atoms with Crippen molar-refractivity contribution in [3.05, 3.63) is 118 Å². The summed E-state index contributed by atoms with van der Waals surface area (Å²) in [4.78, 5) is 2.04. The number of benzene rings is 4. The standard InChI is InChI=1S/C26H18Cl2F2O2S2/c27-23-11-17(7-9-25(23)29)15-31-19-3-1-5-21(13-19)33-34-22-6-2-4-20(14-22)32-16-18-8-10-26(30)24(28)12-18/h1-14H,15-16H2. The summed E-state index contributed by atoms with van der Waals surface area (Å²) >= 11 is 11.7. The average Bonchev–Trinajstić information content (AvgIpc) is 2.85. The highest BCUT2D eigenvalue weighted by Crippen LogP contribution is 2.39. The summed E-state index contributed by atoms with van der Waals surface area (Å²) in [5.41, 5.74) is 1.58. The van der Waals surface area contributed by atoms with Crippen LogP contribution in [0, 0.1) is 11.6 Å². The first-order chi connectivity index (χ1) is 16.5. The van der Waals surface area contributed by atoms with E-state index >= 15 is 0 Å². The molecular formula is C26H18Cl2F2O2S2. The van der Waals surface area contributed by atoms with Crippen molar-refractivity contribution in [3.63, 3.8) is 0 Å². The molecule has 0 bridgehead atoms. The van der Waals surface area contributed by atoms with E-state index < -0.39 is 11.6 Å². The molecule has 0 aliphatic heterocycles. The summed E-state index contributed by atoms with van der Waals surface area (Å²) < 4.78 is 38.3. The van der Waals surface area contributed by atoms with Crippen molar-refractivity contribution in [1.82, 2.24) is 0 Å². The van der Waals surface area contributed by atoms with Crippen LogP contribution in [-0.4, -0.2) is 0 Å². The number of hydrogen-bond donors (Lipinski definition) is 0. The van der Waals surface area contributed by atoms with Crippen LogP contribution in [0.1, 0.15) is 11.1 Å². The van der Waals surface area contributed by atoms with Gasteiger partial charge in [-0.3, -0.25) is 0 Å². The molecule has 0 atom stereocenters. The molecule has 0 radical (unpaired) electrons. The van der Waals surface area contributed by atoms with E-state index in [1.165, 1.54) is 12.1 Å². The van der Waals surface area contributed by atoms with Gasteiger partial charge in [-0.15, -0.1) is 0 Å². The molecule has 8 heteroatoms.